The molecule has 0 aliphatic carbocycles. The van der Waals surface area contributed by atoms with E-state index in [0.717, 1.165) is 35.5 Å². The summed E-state index contributed by atoms with van der Waals surface area (Å²) in [7, 11) is 0. The fourth-order valence-corrected chi connectivity index (χ4v) is 4.33. The van der Waals surface area contributed by atoms with Crippen molar-refractivity contribution in [3.8, 4) is 0 Å². The zero-order chi connectivity index (χ0) is 16.7. The predicted octanol–water partition coefficient (Wildman–Crippen LogP) is 6.39. The smallest absolute Gasteiger partial charge is 0.123 e. The molecule has 0 saturated carbocycles. The number of thioether (sulfide) groups is 1. The SMILES string of the molecule is CCC(CSCC(CC)c1cccc(F)c1)c1cccc(F)c1. The van der Waals surface area contributed by atoms with Crippen LogP contribution in [0.15, 0.2) is 48.5 Å². The Bertz CT molecular complexity index is 559. The van der Waals surface area contributed by atoms with Gasteiger partial charge in [-0.1, -0.05) is 38.1 Å². The van der Waals surface area contributed by atoms with Gasteiger partial charge in [-0.15, -0.1) is 0 Å². The molecule has 2 unspecified atom stereocenters. The molecule has 0 nitrogen and oxygen atoms in total. The van der Waals surface area contributed by atoms with Gasteiger partial charge in [-0.25, -0.2) is 8.78 Å². The number of rotatable bonds is 8. The van der Waals surface area contributed by atoms with E-state index in [2.05, 4.69) is 13.8 Å². The van der Waals surface area contributed by atoms with Crippen LogP contribution in [-0.2, 0) is 0 Å². The summed E-state index contributed by atoms with van der Waals surface area (Å²) in [6.07, 6.45) is 1.99. The number of halogens is 2. The molecule has 0 bridgehead atoms. The summed E-state index contributed by atoms with van der Waals surface area (Å²) < 4.78 is 26.8. The third-order valence-electron chi connectivity index (χ3n) is 4.26. The zero-order valence-corrected chi connectivity index (χ0v) is 14.6. The summed E-state index contributed by atoms with van der Waals surface area (Å²) in [4.78, 5) is 0. The topological polar surface area (TPSA) is 0 Å². The molecule has 2 aromatic rings. The van der Waals surface area contributed by atoms with Gasteiger partial charge in [0, 0.05) is 11.5 Å². The molecular formula is C20H24F2S. The monoisotopic (exact) mass is 334 g/mol. The van der Waals surface area contributed by atoms with E-state index >= 15 is 0 Å². The van der Waals surface area contributed by atoms with E-state index in [1.807, 2.05) is 23.9 Å². The zero-order valence-electron chi connectivity index (χ0n) is 13.8. The van der Waals surface area contributed by atoms with Crippen molar-refractivity contribution in [1.82, 2.24) is 0 Å². The van der Waals surface area contributed by atoms with Crippen molar-refractivity contribution < 1.29 is 8.78 Å². The highest BCUT2D eigenvalue weighted by Crippen LogP contribution is 2.29. The Morgan fingerprint density at radius 1 is 0.783 bits per heavy atom. The van der Waals surface area contributed by atoms with Crippen LogP contribution in [0, 0.1) is 11.6 Å². The van der Waals surface area contributed by atoms with E-state index in [9.17, 15) is 8.78 Å². The summed E-state index contributed by atoms with van der Waals surface area (Å²) in [5, 5.41) is 0. The lowest BCUT2D eigenvalue weighted by Gasteiger charge is -2.19. The number of hydrogen-bond donors (Lipinski definition) is 0. The first-order valence-corrected chi connectivity index (χ1v) is 9.38. The second kappa shape index (κ2) is 9.07. The van der Waals surface area contributed by atoms with Gasteiger partial charge in [-0.05, 0) is 60.1 Å². The molecule has 23 heavy (non-hydrogen) atoms. The Labute approximate surface area is 142 Å². The third-order valence-corrected chi connectivity index (χ3v) is 5.54. The lowest BCUT2D eigenvalue weighted by molar-refractivity contribution is 0.620. The minimum absolute atomic E-state index is 0.169. The van der Waals surface area contributed by atoms with E-state index in [-0.39, 0.29) is 11.6 Å². The van der Waals surface area contributed by atoms with E-state index in [4.69, 9.17) is 0 Å². The van der Waals surface area contributed by atoms with Gasteiger partial charge in [-0.3, -0.25) is 0 Å². The summed E-state index contributed by atoms with van der Waals surface area (Å²) >= 11 is 1.88. The first-order valence-electron chi connectivity index (χ1n) is 8.22. The molecule has 0 saturated heterocycles. The van der Waals surface area contributed by atoms with Crippen molar-refractivity contribution in [3.63, 3.8) is 0 Å². The van der Waals surface area contributed by atoms with Gasteiger partial charge in [0.1, 0.15) is 11.6 Å². The van der Waals surface area contributed by atoms with Gasteiger partial charge in [0.05, 0.1) is 0 Å². The van der Waals surface area contributed by atoms with Crippen LogP contribution in [0.3, 0.4) is 0 Å². The van der Waals surface area contributed by atoms with Crippen molar-refractivity contribution in [2.75, 3.05) is 11.5 Å². The van der Waals surface area contributed by atoms with Gasteiger partial charge < -0.3 is 0 Å². The maximum atomic E-state index is 13.4. The fourth-order valence-electron chi connectivity index (χ4n) is 2.77. The van der Waals surface area contributed by atoms with Crippen LogP contribution in [0.5, 0.6) is 0 Å². The van der Waals surface area contributed by atoms with E-state index < -0.39 is 0 Å². The number of benzene rings is 2. The first-order chi connectivity index (χ1) is 11.1. The molecule has 0 spiro atoms. The molecular weight excluding hydrogens is 310 g/mol. The Hall–Kier alpha value is -1.35. The van der Waals surface area contributed by atoms with Crippen LogP contribution < -0.4 is 0 Å². The standard InChI is InChI=1S/C20H24F2S/c1-3-15(17-7-5-9-19(21)11-17)13-23-14-16(4-2)18-8-6-10-20(22)12-18/h5-12,15-16H,3-4,13-14H2,1-2H3. The molecule has 0 heterocycles. The second-order valence-corrected chi connectivity index (χ2v) is 6.93. The van der Waals surface area contributed by atoms with E-state index in [1.165, 1.54) is 12.1 Å². The number of hydrogen-bond acceptors (Lipinski definition) is 1. The second-order valence-electron chi connectivity index (χ2n) is 5.86. The van der Waals surface area contributed by atoms with Gasteiger partial charge >= 0.3 is 0 Å². The maximum Gasteiger partial charge on any atom is 0.123 e. The lowest BCUT2D eigenvalue weighted by atomic mass is 9.98. The Kier molecular flexibility index (Phi) is 7.10. The predicted molar refractivity (Wildman–Crippen MR) is 96.2 cm³/mol. The summed E-state index contributed by atoms with van der Waals surface area (Å²) in [5.74, 6) is 2.31. The first kappa shape index (κ1) is 18.0. The molecule has 2 atom stereocenters. The molecule has 0 fully saturated rings. The summed E-state index contributed by atoms with van der Waals surface area (Å²) in [5.41, 5.74) is 2.14. The van der Waals surface area contributed by atoms with Crippen LogP contribution in [0.2, 0.25) is 0 Å². The van der Waals surface area contributed by atoms with Gasteiger partial charge in [0.25, 0.3) is 0 Å². The van der Waals surface area contributed by atoms with E-state index in [1.54, 1.807) is 24.3 Å². The molecule has 0 aliphatic heterocycles. The molecule has 0 aliphatic rings. The average molecular weight is 334 g/mol. The van der Waals surface area contributed by atoms with Crippen LogP contribution in [-0.4, -0.2) is 11.5 Å². The molecule has 0 amide bonds. The van der Waals surface area contributed by atoms with Crippen LogP contribution in [0.25, 0.3) is 0 Å². The molecule has 0 N–H and O–H groups in total. The van der Waals surface area contributed by atoms with Crippen LogP contribution in [0.4, 0.5) is 8.78 Å². The van der Waals surface area contributed by atoms with Crippen molar-refractivity contribution in [1.29, 1.82) is 0 Å². The molecule has 0 aromatic heterocycles. The summed E-state index contributed by atoms with van der Waals surface area (Å²) in [6, 6.07) is 13.8. The Balaban J connectivity index is 1.93. The Morgan fingerprint density at radius 3 is 1.57 bits per heavy atom. The molecule has 124 valence electrons. The largest absolute Gasteiger partial charge is 0.207 e. The lowest BCUT2D eigenvalue weighted by Crippen LogP contribution is -2.06. The Morgan fingerprint density at radius 2 is 1.22 bits per heavy atom. The molecule has 2 rings (SSSR count). The highest BCUT2D eigenvalue weighted by molar-refractivity contribution is 7.99. The van der Waals surface area contributed by atoms with Crippen LogP contribution >= 0.6 is 11.8 Å². The minimum atomic E-state index is -0.169. The molecule has 3 heteroatoms. The van der Waals surface area contributed by atoms with Gasteiger partial charge in [0.15, 0.2) is 0 Å². The van der Waals surface area contributed by atoms with Crippen molar-refractivity contribution >= 4 is 11.8 Å². The van der Waals surface area contributed by atoms with Crippen molar-refractivity contribution in [2.24, 2.45) is 0 Å². The normalized spacial score (nSPS) is 13.7. The molecule has 0 radical (unpaired) electrons. The van der Waals surface area contributed by atoms with Crippen molar-refractivity contribution in [3.05, 3.63) is 71.3 Å². The fraction of sp³-hybridized carbons (Fsp3) is 0.400. The average Bonchev–Trinajstić information content (AvgIpc) is 2.55. The maximum absolute atomic E-state index is 13.4. The van der Waals surface area contributed by atoms with Gasteiger partial charge in [0.2, 0.25) is 0 Å². The van der Waals surface area contributed by atoms with Crippen molar-refractivity contribution in [2.45, 2.75) is 38.5 Å². The van der Waals surface area contributed by atoms with Gasteiger partial charge in [-0.2, -0.15) is 11.8 Å². The van der Waals surface area contributed by atoms with E-state index in [0.29, 0.717) is 11.8 Å². The molecule has 2 aromatic carbocycles. The minimum Gasteiger partial charge on any atom is -0.207 e. The summed E-state index contributed by atoms with van der Waals surface area (Å²) in [6.45, 7) is 4.28. The quantitative estimate of drug-likeness (QED) is 0.539. The highest BCUT2D eigenvalue weighted by atomic mass is 32.2. The third kappa shape index (κ3) is 5.35. The van der Waals surface area contributed by atoms with Crippen LogP contribution in [0.1, 0.15) is 49.7 Å². The highest BCUT2D eigenvalue weighted by Gasteiger charge is 2.14.